The molecule has 1 aliphatic heterocycles. The summed E-state index contributed by atoms with van der Waals surface area (Å²) in [6, 6.07) is 6.51. The van der Waals surface area contributed by atoms with E-state index >= 15 is 0 Å². The van der Waals surface area contributed by atoms with E-state index in [0.717, 1.165) is 18.1 Å². The number of nitrogens with one attached hydrogen (secondary N) is 1. The highest BCUT2D eigenvalue weighted by atomic mass is 32.2. The minimum Gasteiger partial charge on any atom is -0.355 e. The number of nitrogens with zero attached hydrogens (tertiary/aromatic N) is 3. The van der Waals surface area contributed by atoms with Crippen LogP contribution in [-0.4, -0.2) is 76.0 Å². The van der Waals surface area contributed by atoms with Gasteiger partial charge in [0.2, 0.25) is 0 Å². The Morgan fingerprint density at radius 1 is 1.38 bits per heavy atom. The Kier molecular flexibility index (Phi) is 6.56. The van der Waals surface area contributed by atoms with Crippen molar-refractivity contribution in [3.8, 4) is 0 Å². The molecular weight excluding hydrogens is 331 g/mol. The molecule has 0 spiro atoms. The third-order valence-corrected chi connectivity index (χ3v) is 5.64. The third-order valence-electron chi connectivity index (χ3n) is 4.03. The van der Waals surface area contributed by atoms with E-state index in [9.17, 15) is 12.8 Å². The van der Waals surface area contributed by atoms with E-state index in [1.807, 2.05) is 18.0 Å². The lowest BCUT2D eigenvalue weighted by Gasteiger charge is -2.28. The van der Waals surface area contributed by atoms with Gasteiger partial charge < -0.3 is 10.2 Å². The van der Waals surface area contributed by atoms with Crippen LogP contribution in [0.4, 0.5) is 4.39 Å². The molecule has 0 bridgehead atoms. The predicted octanol–water partition coefficient (Wildman–Crippen LogP) is 0.563. The van der Waals surface area contributed by atoms with Crippen LogP contribution in [0.1, 0.15) is 5.56 Å². The summed E-state index contributed by atoms with van der Waals surface area (Å²) >= 11 is 0. The maximum atomic E-state index is 13.3. The van der Waals surface area contributed by atoms with Crippen LogP contribution >= 0.6 is 0 Å². The van der Waals surface area contributed by atoms with E-state index < -0.39 is 9.84 Å². The van der Waals surface area contributed by atoms with E-state index in [0.29, 0.717) is 26.2 Å². The van der Waals surface area contributed by atoms with Crippen molar-refractivity contribution < 1.29 is 12.8 Å². The highest BCUT2D eigenvalue weighted by Crippen LogP contribution is 2.06. The van der Waals surface area contributed by atoms with E-state index in [1.54, 1.807) is 13.1 Å². The van der Waals surface area contributed by atoms with Gasteiger partial charge in [0, 0.05) is 46.8 Å². The lowest BCUT2D eigenvalue weighted by Crippen LogP contribution is -2.46. The van der Waals surface area contributed by atoms with Crippen molar-refractivity contribution in [1.29, 1.82) is 0 Å². The van der Waals surface area contributed by atoms with Crippen LogP contribution in [0.3, 0.4) is 0 Å². The molecule has 0 radical (unpaired) electrons. The lowest BCUT2D eigenvalue weighted by molar-refractivity contribution is 0.298. The largest absolute Gasteiger partial charge is 0.355 e. The van der Waals surface area contributed by atoms with Crippen molar-refractivity contribution in [1.82, 2.24) is 15.1 Å². The summed E-state index contributed by atoms with van der Waals surface area (Å²) in [7, 11) is 0.765. The molecule has 0 aromatic heterocycles. The van der Waals surface area contributed by atoms with Gasteiger partial charge in [0.1, 0.15) is 5.82 Å². The maximum Gasteiger partial charge on any atom is 0.193 e. The smallest absolute Gasteiger partial charge is 0.193 e. The highest BCUT2D eigenvalue weighted by molar-refractivity contribution is 7.91. The molecule has 8 heteroatoms. The van der Waals surface area contributed by atoms with Gasteiger partial charge in [0.05, 0.1) is 11.5 Å². The molecule has 1 fully saturated rings. The molecule has 1 N–H and O–H groups in total. The zero-order chi connectivity index (χ0) is 17.6. The second-order valence-corrected chi connectivity index (χ2v) is 8.26. The first-order chi connectivity index (χ1) is 11.4. The van der Waals surface area contributed by atoms with Gasteiger partial charge in [0.15, 0.2) is 15.8 Å². The Morgan fingerprint density at radius 2 is 2.08 bits per heavy atom. The molecule has 0 aliphatic carbocycles. The third kappa shape index (κ3) is 5.76. The van der Waals surface area contributed by atoms with Gasteiger partial charge in [-0.05, 0) is 17.7 Å². The van der Waals surface area contributed by atoms with Crippen molar-refractivity contribution in [2.45, 2.75) is 6.54 Å². The van der Waals surface area contributed by atoms with Crippen LogP contribution < -0.4 is 5.32 Å². The van der Waals surface area contributed by atoms with Crippen LogP contribution in [0.25, 0.3) is 0 Å². The molecule has 24 heavy (non-hydrogen) atoms. The SMILES string of the molecule is CN=C(NCCN1CCS(=O)(=O)CC1)N(C)Cc1cccc(F)c1. The number of guanidine groups is 1. The zero-order valence-corrected chi connectivity index (χ0v) is 15.0. The lowest BCUT2D eigenvalue weighted by atomic mass is 10.2. The molecule has 1 aliphatic rings. The minimum absolute atomic E-state index is 0.237. The first kappa shape index (κ1) is 18.7. The molecule has 1 heterocycles. The minimum atomic E-state index is -2.84. The predicted molar refractivity (Wildman–Crippen MR) is 94.3 cm³/mol. The van der Waals surface area contributed by atoms with Crippen molar-refractivity contribution in [2.24, 2.45) is 4.99 Å². The average Bonchev–Trinajstić information content (AvgIpc) is 2.53. The number of hydrogen-bond donors (Lipinski definition) is 1. The van der Waals surface area contributed by atoms with E-state index in [2.05, 4.69) is 15.2 Å². The van der Waals surface area contributed by atoms with Crippen LogP contribution in [0.2, 0.25) is 0 Å². The van der Waals surface area contributed by atoms with Gasteiger partial charge in [0.25, 0.3) is 0 Å². The fourth-order valence-electron chi connectivity index (χ4n) is 2.67. The molecule has 2 rings (SSSR count). The van der Waals surface area contributed by atoms with Gasteiger partial charge in [-0.2, -0.15) is 0 Å². The van der Waals surface area contributed by atoms with Gasteiger partial charge in [-0.15, -0.1) is 0 Å². The molecule has 1 aromatic carbocycles. The van der Waals surface area contributed by atoms with Crippen LogP contribution in [0.15, 0.2) is 29.3 Å². The van der Waals surface area contributed by atoms with E-state index in [-0.39, 0.29) is 17.3 Å². The number of rotatable bonds is 5. The number of aliphatic imine (C=N–C) groups is 1. The molecule has 0 atom stereocenters. The molecule has 0 saturated carbocycles. The van der Waals surface area contributed by atoms with Gasteiger partial charge in [-0.1, -0.05) is 12.1 Å². The number of hydrogen-bond acceptors (Lipinski definition) is 4. The quantitative estimate of drug-likeness (QED) is 0.617. The molecular formula is C16H25FN4O2S. The van der Waals surface area contributed by atoms with Crippen LogP contribution in [0.5, 0.6) is 0 Å². The van der Waals surface area contributed by atoms with E-state index in [1.165, 1.54) is 12.1 Å². The summed E-state index contributed by atoms with van der Waals surface area (Å²) in [6.45, 7) is 3.17. The Balaban J connectivity index is 1.77. The monoisotopic (exact) mass is 356 g/mol. The molecule has 1 aromatic rings. The fourth-order valence-corrected chi connectivity index (χ4v) is 3.95. The first-order valence-electron chi connectivity index (χ1n) is 7.98. The summed E-state index contributed by atoms with van der Waals surface area (Å²) in [5.74, 6) is 0.954. The first-order valence-corrected chi connectivity index (χ1v) is 9.81. The van der Waals surface area contributed by atoms with Crippen molar-refractivity contribution >= 4 is 15.8 Å². The number of sulfone groups is 1. The Hall–Kier alpha value is -1.67. The summed E-state index contributed by atoms with van der Waals surface area (Å²) in [6.07, 6.45) is 0. The summed E-state index contributed by atoms with van der Waals surface area (Å²) in [4.78, 5) is 8.29. The van der Waals surface area contributed by atoms with Crippen LogP contribution in [-0.2, 0) is 16.4 Å². The topological polar surface area (TPSA) is 65.0 Å². The standard InChI is InChI=1S/C16H25FN4O2S/c1-18-16(20(2)13-14-4-3-5-15(17)12-14)19-6-7-21-8-10-24(22,23)11-9-21/h3-5,12H,6-11,13H2,1-2H3,(H,18,19). The second kappa shape index (κ2) is 8.43. The Labute approximate surface area is 143 Å². The molecule has 1 saturated heterocycles. The van der Waals surface area contributed by atoms with E-state index in [4.69, 9.17) is 0 Å². The van der Waals surface area contributed by atoms with Crippen LogP contribution in [0, 0.1) is 5.82 Å². The average molecular weight is 356 g/mol. The van der Waals surface area contributed by atoms with Crippen molar-refractivity contribution in [3.05, 3.63) is 35.6 Å². The highest BCUT2D eigenvalue weighted by Gasteiger charge is 2.21. The Morgan fingerprint density at radius 3 is 2.71 bits per heavy atom. The van der Waals surface area contributed by atoms with Crippen molar-refractivity contribution in [2.75, 3.05) is 51.8 Å². The fraction of sp³-hybridized carbons (Fsp3) is 0.562. The summed E-state index contributed by atoms with van der Waals surface area (Å²) in [5, 5.41) is 3.26. The number of halogens is 1. The van der Waals surface area contributed by atoms with Crippen molar-refractivity contribution in [3.63, 3.8) is 0 Å². The van der Waals surface area contributed by atoms with Gasteiger partial charge in [-0.3, -0.25) is 9.89 Å². The maximum absolute atomic E-state index is 13.3. The summed E-state index contributed by atoms with van der Waals surface area (Å²) in [5.41, 5.74) is 0.877. The molecule has 0 amide bonds. The molecule has 134 valence electrons. The normalized spacial score (nSPS) is 18.4. The Bertz CT molecular complexity index is 664. The zero-order valence-electron chi connectivity index (χ0n) is 14.2. The summed E-state index contributed by atoms with van der Waals surface area (Å²) < 4.78 is 36.1. The molecule has 6 nitrogen and oxygen atoms in total. The van der Waals surface area contributed by atoms with Gasteiger partial charge in [-0.25, -0.2) is 12.8 Å². The number of benzene rings is 1. The molecule has 0 unspecified atom stereocenters. The second-order valence-electron chi connectivity index (χ2n) is 5.95. The van der Waals surface area contributed by atoms with Gasteiger partial charge >= 0.3 is 0 Å².